The lowest BCUT2D eigenvalue weighted by molar-refractivity contribution is -0.143. The van der Waals surface area contributed by atoms with Crippen molar-refractivity contribution in [1.82, 2.24) is 10.2 Å². The minimum absolute atomic E-state index is 0.101. The highest BCUT2D eigenvalue weighted by Crippen LogP contribution is 2.26. The lowest BCUT2D eigenvalue weighted by Gasteiger charge is -2.20. The molecule has 1 atom stereocenters. The molecule has 1 aromatic rings. The number of rotatable bonds is 4. The number of nitrogens with one attached hydrogen (secondary N) is 1. The lowest BCUT2D eigenvalue weighted by atomic mass is 9.95. The van der Waals surface area contributed by atoms with Crippen LogP contribution in [0.15, 0.2) is 29.4 Å². The molecule has 0 saturated heterocycles. The number of carbonyl (C=O) groups is 2. The van der Waals surface area contributed by atoms with Crippen LogP contribution in [0.25, 0.3) is 0 Å². The molecular formula is C15H18FN3O3. The van der Waals surface area contributed by atoms with Gasteiger partial charge in [-0.2, -0.15) is 0 Å². The van der Waals surface area contributed by atoms with E-state index < -0.39 is 11.5 Å². The molecule has 1 heterocycles. The van der Waals surface area contributed by atoms with Crippen LogP contribution in [0.4, 0.5) is 4.39 Å². The van der Waals surface area contributed by atoms with E-state index in [2.05, 4.69) is 10.5 Å². The molecule has 1 aliphatic rings. The second-order valence-electron chi connectivity index (χ2n) is 5.51. The van der Waals surface area contributed by atoms with Crippen LogP contribution in [0.2, 0.25) is 0 Å². The van der Waals surface area contributed by atoms with E-state index in [1.807, 2.05) is 0 Å². The number of hydrogen-bond acceptors (Lipinski definition) is 4. The van der Waals surface area contributed by atoms with Gasteiger partial charge in [-0.15, -0.1) is 0 Å². The van der Waals surface area contributed by atoms with Crippen LogP contribution in [-0.4, -0.2) is 48.7 Å². The Morgan fingerprint density at radius 1 is 1.36 bits per heavy atom. The zero-order valence-electron chi connectivity index (χ0n) is 12.7. The summed E-state index contributed by atoms with van der Waals surface area (Å²) in [6.07, 6.45) is 0.251. The fourth-order valence-corrected chi connectivity index (χ4v) is 1.96. The van der Waals surface area contributed by atoms with Crippen LogP contribution in [0.1, 0.15) is 18.9 Å². The third-order valence-electron chi connectivity index (χ3n) is 3.42. The van der Waals surface area contributed by atoms with Gasteiger partial charge in [-0.1, -0.05) is 17.3 Å². The van der Waals surface area contributed by atoms with Crippen molar-refractivity contribution >= 4 is 17.5 Å². The molecule has 6 nitrogen and oxygen atoms in total. The standard InChI is InChI=1S/C15H18FN3O3/c1-15(14(21)17-9-13(20)19(2)3)8-12(18-22-15)10-4-6-11(16)7-5-10/h4-7H,8-9H2,1-3H3,(H,17,21)/t15-/m0/s1. The number of halogens is 1. The van der Waals surface area contributed by atoms with Crippen molar-refractivity contribution in [3.05, 3.63) is 35.6 Å². The van der Waals surface area contributed by atoms with Gasteiger partial charge < -0.3 is 15.1 Å². The van der Waals surface area contributed by atoms with Crippen molar-refractivity contribution in [3.63, 3.8) is 0 Å². The van der Waals surface area contributed by atoms with Crippen molar-refractivity contribution in [2.75, 3.05) is 20.6 Å². The van der Waals surface area contributed by atoms with Gasteiger partial charge in [-0.3, -0.25) is 9.59 Å². The molecule has 0 fully saturated rings. The predicted octanol–water partition coefficient (Wildman–Crippen LogP) is 0.913. The highest BCUT2D eigenvalue weighted by atomic mass is 19.1. The van der Waals surface area contributed by atoms with Crippen LogP contribution < -0.4 is 5.32 Å². The molecule has 0 bridgehead atoms. The van der Waals surface area contributed by atoms with Crippen molar-refractivity contribution in [1.29, 1.82) is 0 Å². The molecular weight excluding hydrogens is 289 g/mol. The topological polar surface area (TPSA) is 71.0 Å². The number of oxime groups is 1. The summed E-state index contributed by atoms with van der Waals surface area (Å²) in [6.45, 7) is 1.50. The van der Waals surface area contributed by atoms with E-state index in [4.69, 9.17) is 4.84 Å². The number of hydrogen-bond donors (Lipinski definition) is 1. The molecule has 2 amide bonds. The van der Waals surface area contributed by atoms with Gasteiger partial charge in [0.25, 0.3) is 5.91 Å². The third-order valence-corrected chi connectivity index (χ3v) is 3.42. The van der Waals surface area contributed by atoms with Crippen LogP contribution in [-0.2, 0) is 14.4 Å². The van der Waals surface area contributed by atoms with Crippen LogP contribution in [0, 0.1) is 5.82 Å². The van der Waals surface area contributed by atoms with E-state index in [1.165, 1.54) is 17.0 Å². The summed E-state index contributed by atoms with van der Waals surface area (Å²) >= 11 is 0. The van der Waals surface area contributed by atoms with Crippen molar-refractivity contribution < 1.29 is 18.8 Å². The molecule has 2 rings (SSSR count). The normalized spacial score (nSPS) is 20.1. The van der Waals surface area contributed by atoms with Crippen molar-refractivity contribution in [3.8, 4) is 0 Å². The second-order valence-corrected chi connectivity index (χ2v) is 5.51. The molecule has 1 aliphatic heterocycles. The smallest absolute Gasteiger partial charge is 0.267 e. The van der Waals surface area contributed by atoms with E-state index in [9.17, 15) is 14.0 Å². The van der Waals surface area contributed by atoms with Crippen LogP contribution in [0.5, 0.6) is 0 Å². The van der Waals surface area contributed by atoms with E-state index in [0.717, 1.165) is 0 Å². The fraction of sp³-hybridized carbons (Fsp3) is 0.400. The van der Waals surface area contributed by atoms with Gasteiger partial charge in [-0.25, -0.2) is 4.39 Å². The van der Waals surface area contributed by atoms with Gasteiger partial charge in [0.05, 0.1) is 12.3 Å². The Labute approximate surface area is 127 Å². The summed E-state index contributed by atoms with van der Waals surface area (Å²) < 4.78 is 12.9. The summed E-state index contributed by atoms with van der Waals surface area (Å²) in [5, 5.41) is 6.45. The summed E-state index contributed by atoms with van der Waals surface area (Å²) in [5.41, 5.74) is 0.0925. The molecule has 7 heteroatoms. The summed E-state index contributed by atoms with van der Waals surface area (Å²) in [5.74, 6) is -0.968. The van der Waals surface area contributed by atoms with Crippen LogP contribution in [0.3, 0.4) is 0 Å². The van der Waals surface area contributed by atoms with Gasteiger partial charge >= 0.3 is 0 Å². The Morgan fingerprint density at radius 3 is 2.59 bits per heavy atom. The average Bonchev–Trinajstić information content (AvgIpc) is 2.88. The first-order chi connectivity index (χ1) is 10.3. The summed E-state index contributed by atoms with van der Waals surface area (Å²) in [6, 6.07) is 5.81. The third kappa shape index (κ3) is 3.41. The quantitative estimate of drug-likeness (QED) is 0.899. The summed E-state index contributed by atoms with van der Waals surface area (Å²) in [7, 11) is 3.22. The number of carbonyl (C=O) groups excluding carboxylic acids is 2. The maximum atomic E-state index is 12.9. The van der Waals surface area contributed by atoms with Gasteiger partial charge in [0.15, 0.2) is 0 Å². The Kier molecular flexibility index (Phi) is 4.44. The Hall–Kier alpha value is -2.44. The van der Waals surface area contributed by atoms with Crippen LogP contribution >= 0.6 is 0 Å². The van der Waals surface area contributed by atoms with E-state index in [1.54, 1.807) is 33.2 Å². The Balaban J connectivity index is 1.98. The molecule has 0 aliphatic carbocycles. The molecule has 1 N–H and O–H groups in total. The maximum absolute atomic E-state index is 12.9. The highest BCUT2D eigenvalue weighted by Gasteiger charge is 2.42. The molecule has 1 aromatic carbocycles. The first-order valence-corrected chi connectivity index (χ1v) is 6.81. The molecule has 0 unspecified atom stereocenters. The first kappa shape index (κ1) is 15.9. The monoisotopic (exact) mass is 307 g/mol. The lowest BCUT2D eigenvalue weighted by Crippen LogP contribution is -2.47. The SMILES string of the molecule is CN(C)C(=O)CNC(=O)[C@]1(C)CC(c2ccc(F)cc2)=NO1. The molecule has 0 spiro atoms. The first-order valence-electron chi connectivity index (χ1n) is 6.81. The van der Waals surface area contributed by atoms with Gasteiger partial charge in [-0.05, 0) is 24.6 Å². The number of benzene rings is 1. The van der Waals surface area contributed by atoms with Crippen molar-refractivity contribution in [2.24, 2.45) is 5.16 Å². The minimum Gasteiger partial charge on any atom is -0.379 e. The Bertz CT molecular complexity index is 613. The fourth-order valence-electron chi connectivity index (χ4n) is 1.96. The van der Waals surface area contributed by atoms with E-state index >= 15 is 0 Å². The van der Waals surface area contributed by atoms with E-state index in [0.29, 0.717) is 11.3 Å². The zero-order valence-corrected chi connectivity index (χ0v) is 12.7. The second kappa shape index (κ2) is 6.13. The highest BCUT2D eigenvalue weighted by molar-refractivity contribution is 6.05. The number of likely N-dealkylation sites (N-methyl/N-ethyl adjacent to an activating group) is 1. The number of nitrogens with zero attached hydrogens (tertiary/aromatic N) is 2. The summed E-state index contributed by atoms with van der Waals surface area (Å²) in [4.78, 5) is 30.3. The molecule has 0 aromatic heterocycles. The van der Waals surface area contributed by atoms with Crippen molar-refractivity contribution in [2.45, 2.75) is 18.9 Å². The number of amides is 2. The van der Waals surface area contributed by atoms with Gasteiger partial charge in [0.1, 0.15) is 5.82 Å². The predicted molar refractivity (Wildman–Crippen MR) is 78.7 cm³/mol. The average molecular weight is 307 g/mol. The molecule has 0 saturated carbocycles. The minimum atomic E-state index is -1.17. The van der Waals surface area contributed by atoms with E-state index in [-0.39, 0.29) is 24.7 Å². The zero-order chi connectivity index (χ0) is 16.3. The largest absolute Gasteiger partial charge is 0.379 e. The Morgan fingerprint density at radius 2 is 2.00 bits per heavy atom. The van der Waals surface area contributed by atoms with Gasteiger partial charge in [0, 0.05) is 20.5 Å². The van der Waals surface area contributed by atoms with Gasteiger partial charge in [0.2, 0.25) is 11.5 Å². The molecule has 22 heavy (non-hydrogen) atoms. The molecule has 0 radical (unpaired) electrons. The maximum Gasteiger partial charge on any atom is 0.267 e. The molecule has 118 valence electrons.